The number of likely N-dealkylation sites (tertiary alicyclic amines) is 1. The van der Waals surface area contributed by atoms with Crippen LogP contribution in [0.3, 0.4) is 0 Å². The Bertz CT molecular complexity index is 863. The van der Waals surface area contributed by atoms with Gasteiger partial charge in [-0.2, -0.15) is 0 Å². The number of benzene rings is 2. The average Bonchev–Trinajstić information content (AvgIpc) is 2.83. The third-order valence-electron chi connectivity index (χ3n) is 6.16. The summed E-state index contributed by atoms with van der Waals surface area (Å²) in [5, 5.41) is 8.91. The first-order chi connectivity index (χ1) is 16.2. The predicted molar refractivity (Wildman–Crippen MR) is 134 cm³/mol. The van der Waals surface area contributed by atoms with Crippen LogP contribution in [0, 0.1) is 0 Å². The molecule has 1 heterocycles. The number of nitrogens with one attached hydrogen (secondary N) is 3. The highest BCUT2D eigenvalue weighted by Gasteiger charge is 2.22. The number of amides is 3. The third kappa shape index (κ3) is 8.54. The molecule has 0 radical (unpaired) electrons. The summed E-state index contributed by atoms with van der Waals surface area (Å²) in [6.07, 6.45) is 7.59. The van der Waals surface area contributed by atoms with Gasteiger partial charge in [-0.3, -0.25) is 9.69 Å². The molecule has 3 rings (SSSR count). The summed E-state index contributed by atoms with van der Waals surface area (Å²) in [5.74, 6) is -0.132. The highest BCUT2D eigenvalue weighted by atomic mass is 16.2. The lowest BCUT2D eigenvalue weighted by atomic mass is 10.0. The van der Waals surface area contributed by atoms with Crippen LogP contribution in [-0.4, -0.2) is 42.5 Å². The van der Waals surface area contributed by atoms with Gasteiger partial charge in [0, 0.05) is 32.2 Å². The number of rotatable bonds is 11. The van der Waals surface area contributed by atoms with Crippen molar-refractivity contribution in [3.05, 3.63) is 65.7 Å². The second-order valence-corrected chi connectivity index (χ2v) is 8.85. The van der Waals surface area contributed by atoms with Crippen molar-refractivity contribution in [1.82, 2.24) is 15.5 Å². The van der Waals surface area contributed by atoms with Gasteiger partial charge in [0.1, 0.15) is 0 Å². The van der Waals surface area contributed by atoms with Crippen LogP contribution in [0.5, 0.6) is 0 Å². The van der Waals surface area contributed by atoms with Gasteiger partial charge in [0.25, 0.3) is 5.91 Å². The highest BCUT2D eigenvalue weighted by Crippen LogP contribution is 2.18. The number of carbonyl (C=O) groups is 2. The topological polar surface area (TPSA) is 73.5 Å². The smallest absolute Gasteiger partial charge is 0.319 e. The first-order valence-electron chi connectivity index (χ1n) is 12.4. The van der Waals surface area contributed by atoms with E-state index in [0.29, 0.717) is 17.8 Å². The van der Waals surface area contributed by atoms with E-state index in [0.717, 1.165) is 45.3 Å². The number of anilines is 1. The number of hydrogen-bond donors (Lipinski definition) is 3. The zero-order valence-corrected chi connectivity index (χ0v) is 19.8. The Morgan fingerprint density at radius 2 is 1.61 bits per heavy atom. The zero-order valence-electron chi connectivity index (χ0n) is 19.8. The quantitative estimate of drug-likeness (QED) is 0.413. The number of para-hydroxylation sites is 1. The molecule has 0 aliphatic carbocycles. The van der Waals surface area contributed by atoms with Crippen molar-refractivity contribution in [3.8, 4) is 0 Å². The van der Waals surface area contributed by atoms with E-state index < -0.39 is 0 Å². The summed E-state index contributed by atoms with van der Waals surface area (Å²) in [6.45, 7) is 5.70. The Hall–Kier alpha value is -2.86. The molecule has 0 atom stereocenters. The van der Waals surface area contributed by atoms with Crippen LogP contribution in [-0.2, 0) is 6.54 Å². The first kappa shape index (κ1) is 24.8. The molecule has 1 saturated heterocycles. The van der Waals surface area contributed by atoms with Crippen LogP contribution >= 0.6 is 0 Å². The molecular formula is C27H38N4O2. The molecule has 2 aromatic rings. The van der Waals surface area contributed by atoms with E-state index in [4.69, 9.17) is 0 Å². The van der Waals surface area contributed by atoms with Crippen LogP contribution in [0.2, 0.25) is 0 Å². The molecule has 2 aromatic carbocycles. The molecule has 1 aliphatic rings. The third-order valence-corrected chi connectivity index (χ3v) is 6.16. The normalized spacial score (nSPS) is 14.6. The summed E-state index contributed by atoms with van der Waals surface area (Å²) in [6, 6.07) is 17.6. The van der Waals surface area contributed by atoms with E-state index in [-0.39, 0.29) is 18.0 Å². The lowest BCUT2D eigenvalue weighted by Crippen LogP contribution is -2.44. The van der Waals surface area contributed by atoms with Gasteiger partial charge in [0.05, 0.1) is 11.3 Å². The maximum Gasteiger partial charge on any atom is 0.319 e. The predicted octanol–water partition coefficient (Wildman–Crippen LogP) is 5.17. The molecule has 0 bridgehead atoms. The van der Waals surface area contributed by atoms with Crippen molar-refractivity contribution in [1.29, 1.82) is 0 Å². The molecule has 6 heteroatoms. The van der Waals surface area contributed by atoms with Gasteiger partial charge in [0.2, 0.25) is 0 Å². The number of hydrogen-bond acceptors (Lipinski definition) is 3. The van der Waals surface area contributed by atoms with Gasteiger partial charge >= 0.3 is 6.03 Å². The van der Waals surface area contributed by atoms with Gasteiger partial charge < -0.3 is 16.0 Å². The molecule has 3 amide bonds. The minimum atomic E-state index is -0.264. The molecule has 0 unspecified atom stereocenters. The van der Waals surface area contributed by atoms with Crippen molar-refractivity contribution in [2.75, 3.05) is 25.0 Å². The van der Waals surface area contributed by atoms with Crippen molar-refractivity contribution in [2.24, 2.45) is 0 Å². The fourth-order valence-electron chi connectivity index (χ4n) is 4.23. The van der Waals surface area contributed by atoms with E-state index in [1.54, 1.807) is 12.1 Å². The van der Waals surface area contributed by atoms with Gasteiger partial charge in [-0.25, -0.2) is 4.79 Å². The van der Waals surface area contributed by atoms with E-state index in [2.05, 4.69) is 52.0 Å². The van der Waals surface area contributed by atoms with Gasteiger partial charge in [-0.15, -0.1) is 0 Å². The lowest BCUT2D eigenvalue weighted by molar-refractivity contribution is 0.0910. The van der Waals surface area contributed by atoms with Gasteiger partial charge in [-0.05, 0) is 37.0 Å². The molecule has 3 N–H and O–H groups in total. The summed E-state index contributed by atoms with van der Waals surface area (Å²) in [7, 11) is 0. The van der Waals surface area contributed by atoms with E-state index in [1.165, 1.54) is 24.8 Å². The van der Waals surface area contributed by atoms with Crippen LogP contribution in [0.25, 0.3) is 0 Å². The standard InChI is InChI=1S/C27H38N4O2/c1-2-3-4-5-11-18-28-27(33)30-25-15-10-9-14-24(25)26(32)29-23-16-19-31(20-17-23)21-22-12-7-6-8-13-22/h6-10,12-15,23H,2-5,11,16-21H2,1H3,(H,29,32)(H2,28,30,33). The lowest BCUT2D eigenvalue weighted by Gasteiger charge is -2.32. The molecule has 0 spiro atoms. The number of nitrogens with zero attached hydrogens (tertiary/aromatic N) is 1. The van der Waals surface area contributed by atoms with E-state index >= 15 is 0 Å². The summed E-state index contributed by atoms with van der Waals surface area (Å²) >= 11 is 0. The molecular weight excluding hydrogens is 412 g/mol. The molecule has 33 heavy (non-hydrogen) atoms. The van der Waals surface area contributed by atoms with Crippen molar-refractivity contribution >= 4 is 17.6 Å². The minimum absolute atomic E-state index is 0.132. The number of unbranched alkanes of at least 4 members (excludes halogenated alkanes) is 4. The van der Waals surface area contributed by atoms with E-state index in [9.17, 15) is 9.59 Å². The Labute approximate surface area is 198 Å². The summed E-state index contributed by atoms with van der Waals surface area (Å²) < 4.78 is 0. The number of carbonyl (C=O) groups excluding carboxylic acids is 2. The molecule has 6 nitrogen and oxygen atoms in total. The Morgan fingerprint density at radius 3 is 2.36 bits per heavy atom. The van der Waals surface area contributed by atoms with Crippen LogP contribution in [0.1, 0.15) is 67.8 Å². The molecule has 1 fully saturated rings. The van der Waals surface area contributed by atoms with Crippen LogP contribution in [0.15, 0.2) is 54.6 Å². The van der Waals surface area contributed by atoms with Crippen molar-refractivity contribution < 1.29 is 9.59 Å². The maximum absolute atomic E-state index is 13.0. The molecule has 0 aromatic heterocycles. The Morgan fingerprint density at radius 1 is 0.909 bits per heavy atom. The Balaban J connectivity index is 1.43. The number of urea groups is 1. The SMILES string of the molecule is CCCCCCCNC(=O)Nc1ccccc1C(=O)NC1CCN(Cc2ccccc2)CC1. The van der Waals surface area contributed by atoms with E-state index in [1.807, 2.05) is 18.2 Å². The molecule has 1 aliphatic heterocycles. The fraction of sp³-hybridized carbons (Fsp3) is 0.481. The number of piperidine rings is 1. The maximum atomic E-state index is 13.0. The zero-order chi connectivity index (χ0) is 23.3. The summed E-state index contributed by atoms with van der Waals surface area (Å²) in [4.78, 5) is 27.7. The minimum Gasteiger partial charge on any atom is -0.349 e. The first-order valence-corrected chi connectivity index (χ1v) is 12.4. The van der Waals surface area contributed by atoms with Crippen molar-refractivity contribution in [2.45, 2.75) is 64.5 Å². The fourth-order valence-corrected chi connectivity index (χ4v) is 4.23. The van der Waals surface area contributed by atoms with Crippen molar-refractivity contribution in [3.63, 3.8) is 0 Å². The molecule has 0 saturated carbocycles. The van der Waals surface area contributed by atoms with Crippen LogP contribution < -0.4 is 16.0 Å². The Kier molecular flexibility index (Phi) is 10.2. The average molecular weight is 451 g/mol. The largest absolute Gasteiger partial charge is 0.349 e. The van der Waals surface area contributed by atoms with Gasteiger partial charge in [0.15, 0.2) is 0 Å². The summed E-state index contributed by atoms with van der Waals surface area (Å²) in [5.41, 5.74) is 2.36. The second-order valence-electron chi connectivity index (χ2n) is 8.85. The highest BCUT2D eigenvalue weighted by molar-refractivity contribution is 6.03. The van der Waals surface area contributed by atoms with Gasteiger partial charge in [-0.1, -0.05) is 75.1 Å². The van der Waals surface area contributed by atoms with Crippen LogP contribution in [0.4, 0.5) is 10.5 Å². The second kappa shape index (κ2) is 13.6. The monoisotopic (exact) mass is 450 g/mol. The molecule has 178 valence electrons.